The minimum Gasteiger partial charge on any atom is -0.459 e. The van der Waals surface area contributed by atoms with Crippen molar-refractivity contribution in [1.82, 2.24) is 39.5 Å². The van der Waals surface area contributed by atoms with Crippen molar-refractivity contribution in [3.63, 3.8) is 0 Å². The highest BCUT2D eigenvalue weighted by Gasteiger charge is 2.21. The van der Waals surface area contributed by atoms with Crippen molar-refractivity contribution in [2.45, 2.75) is 59.7 Å². The van der Waals surface area contributed by atoms with Crippen molar-refractivity contribution in [3.05, 3.63) is 96.8 Å². The summed E-state index contributed by atoms with van der Waals surface area (Å²) in [4.78, 5) is 41.0. The molecule has 7 aromatic rings. The van der Waals surface area contributed by atoms with E-state index >= 15 is 0 Å². The second kappa shape index (κ2) is 14.7. The molecule has 0 radical (unpaired) electrons. The van der Waals surface area contributed by atoms with Crippen LogP contribution >= 0.6 is 11.6 Å². The van der Waals surface area contributed by atoms with Gasteiger partial charge in [-0.3, -0.25) is 0 Å². The van der Waals surface area contributed by atoms with Crippen LogP contribution in [-0.2, 0) is 9.47 Å². The zero-order valence-corrected chi connectivity index (χ0v) is 30.8. The van der Waals surface area contributed by atoms with Gasteiger partial charge in [0.25, 0.3) is 0 Å². The number of aromatic nitrogens is 8. The summed E-state index contributed by atoms with van der Waals surface area (Å²) >= 11 is 5.97. The number of benzene rings is 2. The van der Waals surface area contributed by atoms with Crippen molar-refractivity contribution in [2.24, 2.45) is 0 Å². The minimum atomic E-state index is -0.584. The average Bonchev–Trinajstić information content (AvgIpc) is 3.84. The lowest BCUT2D eigenvalue weighted by Crippen LogP contribution is -2.27. The molecule has 0 aliphatic rings. The molecular formula is C37H37ClN10O5. The molecule has 2 N–H and O–H groups in total. The summed E-state index contributed by atoms with van der Waals surface area (Å²) in [6, 6.07) is 16.7. The smallest absolute Gasteiger partial charge is 0.435 e. The van der Waals surface area contributed by atoms with Gasteiger partial charge in [0.15, 0.2) is 11.4 Å². The first-order valence-electron chi connectivity index (χ1n) is 16.4. The summed E-state index contributed by atoms with van der Waals surface area (Å²) in [5.41, 5.74) is 4.02. The summed E-state index contributed by atoms with van der Waals surface area (Å²) in [5, 5.41) is 15.6. The number of furan rings is 1. The minimum absolute atomic E-state index is 0.132. The molecule has 53 heavy (non-hydrogen) atoms. The number of nitrogens with one attached hydrogen (secondary N) is 2. The van der Waals surface area contributed by atoms with Crippen molar-refractivity contribution in [2.75, 3.05) is 10.6 Å². The standard InChI is InChI=1S/C20H18ClN5O3.C17H19N5O2/c1-20(2,3)29-19(27)26-11-13(10-22-26)12-4-6-14(7-5-12)23-17-16-15(8-9-28-16)24-18(21)25-17;1-11-18-8-7-15(20-11)21-13-5-6-14-12(9-13)10-19-22(14)16(23)24-17(2,3)4/h4-11H,1-3H3,(H,23,24,25);5-10H,1-4H3,(H,18,20,21). The topological polar surface area (TPSA) is 177 Å². The molecule has 0 amide bonds. The van der Waals surface area contributed by atoms with Crippen LogP contribution in [0.3, 0.4) is 0 Å². The number of carbonyl (C=O) groups excluding carboxylic acids is 2. The van der Waals surface area contributed by atoms with Gasteiger partial charge in [-0.15, -0.1) is 0 Å². The molecule has 16 heteroatoms. The zero-order valence-electron chi connectivity index (χ0n) is 30.1. The third-order valence-electron chi connectivity index (χ3n) is 7.10. The molecule has 0 fully saturated rings. The van der Waals surface area contributed by atoms with Crippen molar-refractivity contribution in [1.29, 1.82) is 0 Å². The third kappa shape index (κ3) is 9.31. The van der Waals surface area contributed by atoms with E-state index in [4.69, 9.17) is 25.5 Å². The first kappa shape index (κ1) is 36.4. The fourth-order valence-corrected chi connectivity index (χ4v) is 5.09. The van der Waals surface area contributed by atoms with Gasteiger partial charge < -0.3 is 24.5 Å². The quantitative estimate of drug-likeness (QED) is 0.160. The molecule has 0 atom stereocenters. The molecule has 0 spiro atoms. The van der Waals surface area contributed by atoms with Gasteiger partial charge in [0.05, 0.1) is 24.2 Å². The molecule has 0 unspecified atom stereocenters. The van der Waals surface area contributed by atoms with Crippen LogP contribution in [0.4, 0.5) is 32.6 Å². The second-order valence-electron chi connectivity index (χ2n) is 13.8. The van der Waals surface area contributed by atoms with Gasteiger partial charge in [-0.25, -0.2) is 24.5 Å². The Morgan fingerprint density at radius 2 is 1.51 bits per heavy atom. The molecule has 5 heterocycles. The fraction of sp³-hybridized carbons (Fsp3) is 0.243. The van der Waals surface area contributed by atoms with Crippen LogP contribution < -0.4 is 10.6 Å². The number of nitrogens with zero attached hydrogens (tertiary/aromatic N) is 8. The molecule has 0 aliphatic carbocycles. The van der Waals surface area contributed by atoms with Crippen LogP contribution in [0.5, 0.6) is 0 Å². The number of hydrogen-bond donors (Lipinski definition) is 2. The first-order valence-corrected chi connectivity index (χ1v) is 16.8. The van der Waals surface area contributed by atoms with Crippen LogP contribution in [0.15, 0.2) is 90.1 Å². The Morgan fingerprint density at radius 3 is 2.23 bits per heavy atom. The summed E-state index contributed by atoms with van der Waals surface area (Å²) in [7, 11) is 0. The van der Waals surface area contributed by atoms with E-state index < -0.39 is 23.4 Å². The van der Waals surface area contributed by atoms with Gasteiger partial charge in [0.2, 0.25) is 5.28 Å². The second-order valence-corrected chi connectivity index (χ2v) is 14.1. The molecule has 15 nitrogen and oxygen atoms in total. The first-order chi connectivity index (χ1) is 25.1. The number of fused-ring (bicyclic) bond motifs is 2. The van der Waals surface area contributed by atoms with E-state index in [1.165, 1.54) is 15.6 Å². The normalized spacial score (nSPS) is 11.5. The van der Waals surface area contributed by atoms with Crippen LogP contribution in [0, 0.1) is 6.92 Å². The maximum absolute atomic E-state index is 12.2. The van der Waals surface area contributed by atoms with Crippen molar-refractivity contribution >= 4 is 68.8 Å². The van der Waals surface area contributed by atoms with E-state index in [1.54, 1.807) is 36.9 Å². The number of ether oxygens (including phenoxy) is 2. The lowest BCUT2D eigenvalue weighted by atomic mass is 10.1. The van der Waals surface area contributed by atoms with Gasteiger partial charge >= 0.3 is 12.2 Å². The predicted molar refractivity (Wildman–Crippen MR) is 201 cm³/mol. The SMILES string of the molecule is CC(C)(C)OC(=O)n1cc(-c2ccc(Nc3nc(Cl)nc4ccoc34)cc2)cn1.Cc1nccc(Nc2ccc3c(cnn3C(=O)OC(C)(C)C)c2)n1. The molecule has 0 bridgehead atoms. The maximum Gasteiger partial charge on any atom is 0.435 e. The number of anilines is 4. The molecule has 7 rings (SSSR count). The molecule has 0 saturated heterocycles. The number of hydrogen-bond acceptors (Lipinski definition) is 13. The summed E-state index contributed by atoms with van der Waals surface area (Å²) in [5.74, 6) is 1.88. The molecule has 0 aliphatic heterocycles. The Hall–Kier alpha value is -6.35. The van der Waals surface area contributed by atoms with Gasteiger partial charge in [-0.2, -0.15) is 24.5 Å². The highest BCUT2D eigenvalue weighted by Crippen LogP contribution is 2.28. The Labute approximate surface area is 309 Å². The summed E-state index contributed by atoms with van der Waals surface area (Å²) in [6.45, 7) is 12.7. The van der Waals surface area contributed by atoms with E-state index in [-0.39, 0.29) is 5.28 Å². The lowest BCUT2D eigenvalue weighted by Gasteiger charge is -2.19. The van der Waals surface area contributed by atoms with Crippen LogP contribution in [0.2, 0.25) is 5.28 Å². The molecular weight excluding hydrogens is 700 g/mol. The summed E-state index contributed by atoms with van der Waals surface area (Å²) in [6.07, 6.45) is 7.09. The lowest BCUT2D eigenvalue weighted by molar-refractivity contribution is 0.0507. The maximum atomic E-state index is 12.2. The Kier molecular flexibility index (Phi) is 10.1. The van der Waals surface area contributed by atoms with Gasteiger partial charge in [0.1, 0.15) is 28.4 Å². The molecule has 2 aromatic carbocycles. The van der Waals surface area contributed by atoms with E-state index in [9.17, 15) is 9.59 Å². The van der Waals surface area contributed by atoms with Gasteiger partial charge in [-0.1, -0.05) is 12.1 Å². The molecule has 0 saturated carbocycles. The predicted octanol–water partition coefficient (Wildman–Crippen LogP) is 8.93. The average molecular weight is 737 g/mol. The number of carbonyl (C=O) groups is 2. The van der Waals surface area contributed by atoms with Gasteiger partial charge in [-0.05, 0) is 102 Å². The monoisotopic (exact) mass is 736 g/mol. The largest absolute Gasteiger partial charge is 0.459 e. The van der Waals surface area contributed by atoms with E-state index in [0.29, 0.717) is 34.1 Å². The zero-order chi connectivity index (χ0) is 37.9. The van der Waals surface area contributed by atoms with E-state index in [2.05, 4.69) is 40.8 Å². The van der Waals surface area contributed by atoms with Crippen LogP contribution in [0.1, 0.15) is 47.4 Å². The van der Waals surface area contributed by atoms with E-state index in [1.807, 2.05) is 90.9 Å². The van der Waals surface area contributed by atoms with E-state index in [0.717, 1.165) is 27.9 Å². The number of rotatable bonds is 5. The fourth-order valence-electron chi connectivity index (χ4n) is 4.92. The Balaban J connectivity index is 0.000000185. The van der Waals surface area contributed by atoms with Gasteiger partial charge in [0, 0.05) is 40.8 Å². The van der Waals surface area contributed by atoms with Crippen molar-refractivity contribution in [3.8, 4) is 11.1 Å². The summed E-state index contributed by atoms with van der Waals surface area (Å²) < 4.78 is 18.5. The molecule has 5 aromatic heterocycles. The van der Waals surface area contributed by atoms with Crippen molar-refractivity contribution < 1.29 is 23.5 Å². The Morgan fingerprint density at radius 1 is 0.792 bits per heavy atom. The van der Waals surface area contributed by atoms with Crippen LogP contribution in [0.25, 0.3) is 33.1 Å². The Bertz CT molecular complexity index is 2410. The number of halogens is 1. The third-order valence-corrected chi connectivity index (χ3v) is 7.27. The van der Waals surface area contributed by atoms with Crippen LogP contribution in [-0.4, -0.2) is 62.9 Å². The number of aryl methyl sites for hydroxylation is 1. The highest BCUT2D eigenvalue weighted by molar-refractivity contribution is 6.28. The highest BCUT2D eigenvalue weighted by atomic mass is 35.5. The molecule has 272 valence electrons.